The van der Waals surface area contributed by atoms with Crippen LogP contribution in [-0.2, 0) is 9.84 Å². The minimum absolute atomic E-state index is 0.00481. The van der Waals surface area contributed by atoms with E-state index >= 15 is 0 Å². The first-order valence-electron chi connectivity index (χ1n) is 5.73. The van der Waals surface area contributed by atoms with Gasteiger partial charge in [-0.25, -0.2) is 12.7 Å². The molecule has 0 unspecified atom stereocenters. The lowest BCUT2D eigenvalue weighted by Gasteiger charge is -2.21. The molecule has 1 saturated heterocycles. The standard InChI is InChI=1S/C11H14N2O4S2/c1-12(10-6-7-19(16,17)8-10)18-11-4-2-9(3-5-11)13(14)15/h2-5,10H,6-8H2,1H3/t10-/m0/s1. The molecule has 8 heteroatoms. The molecule has 1 aliphatic rings. The second-order valence-corrected chi connectivity index (χ2v) is 7.90. The molecule has 0 aliphatic carbocycles. The van der Waals surface area contributed by atoms with Crippen LogP contribution in [0.4, 0.5) is 5.69 Å². The largest absolute Gasteiger partial charge is 0.269 e. The maximum atomic E-state index is 11.4. The Morgan fingerprint density at radius 1 is 1.37 bits per heavy atom. The number of non-ortho nitro benzene ring substituents is 1. The van der Waals surface area contributed by atoms with Gasteiger partial charge in [0, 0.05) is 23.1 Å². The average Bonchev–Trinajstić information content (AvgIpc) is 2.70. The van der Waals surface area contributed by atoms with Gasteiger partial charge in [0.2, 0.25) is 0 Å². The van der Waals surface area contributed by atoms with Crippen molar-refractivity contribution in [3.05, 3.63) is 34.4 Å². The van der Waals surface area contributed by atoms with Gasteiger partial charge in [0.15, 0.2) is 9.84 Å². The Bertz CT molecular complexity index is 571. The van der Waals surface area contributed by atoms with Gasteiger partial charge in [0.25, 0.3) is 5.69 Å². The first-order valence-corrected chi connectivity index (χ1v) is 8.32. The summed E-state index contributed by atoms with van der Waals surface area (Å²) in [4.78, 5) is 11.0. The highest BCUT2D eigenvalue weighted by Gasteiger charge is 2.31. The van der Waals surface area contributed by atoms with Crippen molar-refractivity contribution in [2.75, 3.05) is 18.6 Å². The number of nitrogens with zero attached hydrogens (tertiary/aromatic N) is 2. The molecule has 0 spiro atoms. The van der Waals surface area contributed by atoms with Crippen LogP contribution in [0, 0.1) is 10.1 Å². The minimum atomic E-state index is -2.90. The van der Waals surface area contributed by atoms with Crippen molar-refractivity contribution >= 4 is 27.5 Å². The molecule has 1 aromatic carbocycles. The topological polar surface area (TPSA) is 80.5 Å². The summed E-state index contributed by atoms with van der Waals surface area (Å²) in [5, 5.41) is 10.5. The molecule has 1 aromatic rings. The fourth-order valence-corrected chi connectivity index (χ4v) is 4.72. The van der Waals surface area contributed by atoms with Gasteiger partial charge in [0.1, 0.15) is 0 Å². The van der Waals surface area contributed by atoms with Crippen LogP contribution in [0.3, 0.4) is 0 Å². The first-order chi connectivity index (χ1) is 8.87. The van der Waals surface area contributed by atoms with E-state index in [1.807, 2.05) is 11.4 Å². The molecular weight excluding hydrogens is 288 g/mol. The number of hydrogen-bond acceptors (Lipinski definition) is 6. The number of nitro groups is 1. The minimum Gasteiger partial charge on any atom is -0.258 e. The van der Waals surface area contributed by atoms with Crippen LogP contribution in [0.5, 0.6) is 0 Å². The predicted molar refractivity (Wildman–Crippen MR) is 73.8 cm³/mol. The fourth-order valence-electron chi connectivity index (χ4n) is 1.93. The Morgan fingerprint density at radius 2 is 2.00 bits per heavy atom. The zero-order chi connectivity index (χ0) is 14.0. The zero-order valence-electron chi connectivity index (χ0n) is 10.4. The number of sulfone groups is 1. The highest BCUT2D eigenvalue weighted by molar-refractivity contribution is 7.97. The molecule has 1 aliphatic heterocycles. The van der Waals surface area contributed by atoms with E-state index in [1.54, 1.807) is 12.1 Å². The molecule has 6 nitrogen and oxygen atoms in total. The Labute approximate surface area is 116 Å². The predicted octanol–water partition coefficient (Wildman–Crippen LogP) is 1.72. The van der Waals surface area contributed by atoms with Crippen LogP contribution < -0.4 is 0 Å². The lowest BCUT2D eigenvalue weighted by molar-refractivity contribution is -0.384. The first kappa shape index (κ1) is 14.3. The summed E-state index contributed by atoms with van der Waals surface area (Å²) in [7, 11) is -1.05. The Balaban J connectivity index is 1.99. The van der Waals surface area contributed by atoms with Gasteiger partial charge in [-0.3, -0.25) is 10.1 Å². The van der Waals surface area contributed by atoms with Crippen LogP contribution in [-0.4, -0.2) is 42.2 Å². The molecule has 19 heavy (non-hydrogen) atoms. The van der Waals surface area contributed by atoms with Crippen molar-refractivity contribution in [2.24, 2.45) is 0 Å². The molecular formula is C11H14N2O4S2. The van der Waals surface area contributed by atoms with Crippen LogP contribution in [0.1, 0.15) is 6.42 Å². The molecule has 0 aromatic heterocycles. The fraction of sp³-hybridized carbons (Fsp3) is 0.455. The molecule has 1 fully saturated rings. The van der Waals surface area contributed by atoms with E-state index in [0.717, 1.165) is 4.90 Å². The molecule has 0 saturated carbocycles. The third-order valence-electron chi connectivity index (χ3n) is 3.02. The molecule has 0 radical (unpaired) electrons. The van der Waals surface area contributed by atoms with E-state index in [1.165, 1.54) is 24.1 Å². The maximum Gasteiger partial charge on any atom is 0.269 e. The van der Waals surface area contributed by atoms with E-state index in [0.29, 0.717) is 6.42 Å². The lowest BCUT2D eigenvalue weighted by atomic mass is 10.3. The van der Waals surface area contributed by atoms with E-state index in [9.17, 15) is 18.5 Å². The van der Waals surface area contributed by atoms with Crippen molar-refractivity contribution in [3.63, 3.8) is 0 Å². The number of hydrogen-bond donors (Lipinski definition) is 0. The van der Waals surface area contributed by atoms with Gasteiger partial charge >= 0.3 is 0 Å². The van der Waals surface area contributed by atoms with Crippen molar-refractivity contribution in [1.29, 1.82) is 0 Å². The molecule has 1 heterocycles. The van der Waals surface area contributed by atoms with E-state index < -0.39 is 14.8 Å². The van der Waals surface area contributed by atoms with Crippen molar-refractivity contribution < 1.29 is 13.3 Å². The quantitative estimate of drug-likeness (QED) is 0.478. The Kier molecular flexibility index (Phi) is 4.12. The van der Waals surface area contributed by atoms with Gasteiger partial charge in [0.05, 0.1) is 16.4 Å². The SMILES string of the molecule is CN(Sc1ccc([N+](=O)[O-])cc1)[C@H]1CCS(=O)(=O)C1. The average molecular weight is 302 g/mol. The highest BCUT2D eigenvalue weighted by Crippen LogP contribution is 2.28. The second kappa shape index (κ2) is 5.48. The Morgan fingerprint density at radius 3 is 2.47 bits per heavy atom. The van der Waals surface area contributed by atoms with Crippen LogP contribution in [0.25, 0.3) is 0 Å². The van der Waals surface area contributed by atoms with Gasteiger partial charge < -0.3 is 0 Å². The Hall–Kier alpha value is -1.12. The molecule has 2 rings (SSSR count). The third-order valence-corrected chi connectivity index (χ3v) is 5.84. The van der Waals surface area contributed by atoms with E-state index in [2.05, 4.69) is 0 Å². The van der Waals surface area contributed by atoms with E-state index in [-0.39, 0.29) is 23.2 Å². The molecule has 1 atom stereocenters. The van der Waals surface area contributed by atoms with Crippen molar-refractivity contribution in [3.8, 4) is 0 Å². The van der Waals surface area contributed by atoms with Gasteiger partial charge in [-0.2, -0.15) is 0 Å². The summed E-state index contributed by atoms with van der Waals surface area (Å²) >= 11 is 1.41. The number of rotatable bonds is 4. The maximum absolute atomic E-state index is 11.4. The molecule has 0 amide bonds. The summed E-state index contributed by atoms with van der Waals surface area (Å²) < 4.78 is 24.7. The van der Waals surface area contributed by atoms with Crippen LogP contribution >= 0.6 is 11.9 Å². The van der Waals surface area contributed by atoms with Gasteiger partial charge in [-0.15, -0.1) is 0 Å². The van der Waals surface area contributed by atoms with E-state index in [4.69, 9.17) is 0 Å². The third kappa shape index (κ3) is 3.68. The number of nitro benzene ring substituents is 1. The summed E-state index contributed by atoms with van der Waals surface area (Å²) in [6.45, 7) is 0. The summed E-state index contributed by atoms with van der Waals surface area (Å²) in [6, 6.07) is 6.24. The summed E-state index contributed by atoms with van der Waals surface area (Å²) in [5.41, 5.74) is 0.0513. The zero-order valence-corrected chi connectivity index (χ0v) is 12.0. The van der Waals surface area contributed by atoms with Crippen molar-refractivity contribution in [1.82, 2.24) is 4.31 Å². The van der Waals surface area contributed by atoms with Crippen LogP contribution in [0.15, 0.2) is 29.2 Å². The molecule has 104 valence electrons. The lowest BCUT2D eigenvalue weighted by Crippen LogP contribution is -2.26. The van der Waals surface area contributed by atoms with Gasteiger partial charge in [-0.05, 0) is 37.5 Å². The summed E-state index contributed by atoms with van der Waals surface area (Å²) in [6.07, 6.45) is 0.638. The van der Waals surface area contributed by atoms with Crippen LogP contribution in [0.2, 0.25) is 0 Å². The second-order valence-electron chi connectivity index (χ2n) is 4.45. The normalized spacial score (nSPS) is 21.7. The smallest absolute Gasteiger partial charge is 0.258 e. The monoisotopic (exact) mass is 302 g/mol. The number of benzene rings is 1. The molecule has 0 bridgehead atoms. The highest BCUT2D eigenvalue weighted by atomic mass is 32.2. The summed E-state index contributed by atoms with van der Waals surface area (Å²) in [5.74, 6) is 0.423. The van der Waals surface area contributed by atoms with Crippen molar-refractivity contribution in [2.45, 2.75) is 17.4 Å². The van der Waals surface area contributed by atoms with Gasteiger partial charge in [-0.1, -0.05) is 0 Å². The molecule has 0 N–H and O–H groups in total.